The van der Waals surface area contributed by atoms with Gasteiger partial charge in [0.05, 0.1) is 23.8 Å². The molecule has 0 saturated carbocycles. The molecule has 1 unspecified atom stereocenters. The zero-order chi connectivity index (χ0) is 21.8. The number of rotatable bonds is 11. The van der Waals surface area contributed by atoms with E-state index in [9.17, 15) is 4.79 Å². The van der Waals surface area contributed by atoms with E-state index in [4.69, 9.17) is 4.99 Å². The fourth-order valence-corrected chi connectivity index (χ4v) is 3.97. The van der Waals surface area contributed by atoms with Crippen LogP contribution in [0.3, 0.4) is 0 Å². The van der Waals surface area contributed by atoms with Crippen molar-refractivity contribution in [3.63, 3.8) is 0 Å². The van der Waals surface area contributed by atoms with Crippen LogP contribution >= 0.6 is 35.3 Å². The number of aliphatic imine (C=N–C) groups is 1. The molecular formula is C22H35IN6OS. The Bertz CT molecular complexity index is 794. The van der Waals surface area contributed by atoms with Crippen LogP contribution in [0.2, 0.25) is 0 Å². The predicted octanol–water partition coefficient (Wildman–Crippen LogP) is 3.44. The monoisotopic (exact) mass is 558 g/mol. The Morgan fingerprint density at radius 1 is 1.10 bits per heavy atom. The quantitative estimate of drug-likeness (QED) is 0.171. The molecule has 0 radical (unpaired) electrons. The highest BCUT2D eigenvalue weighted by Crippen LogP contribution is 2.20. The van der Waals surface area contributed by atoms with Gasteiger partial charge in [0.2, 0.25) is 0 Å². The number of aromatic nitrogens is 1. The largest absolute Gasteiger partial charge is 0.357 e. The molecule has 0 fully saturated rings. The third-order valence-electron chi connectivity index (χ3n) is 4.86. The van der Waals surface area contributed by atoms with Crippen LogP contribution in [-0.2, 0) is 0 Å². The number of benzene rings is 1. The molecule has 7 nitrogen and oxygen atoms in total. The second-order valence-corrected chi connectivity index (χ2v) is 7.67. The number of hydrogen-bond acceptors (Lipinski definition) is 5. The highest BCUT2D eigenvalue weighted by Gasteiger charge is 2.17. The van der Waals surface area contributed by atoms with Crippen LogP contribution in [0.1, 0.15) is 47.7 Å². The number of carbonyl (C=O) groups excluding carboxylic acids is 1. The van der Waals surface area contributed by atoms with Crippen molar-refractivity contribution < 1.29 is 4.79 Å². The Labute approximate surface area is 207 Å². The molecule has 1 atom stereocenters. The van der Waals surface area contributed by atoms with Gasteiger partial charge >= 0.3 is 0 Å². The van der Waals surface area contributed by atoms with Gasteiger partial charge in [0.1, 0.15) is 4.88 Å². The first-order valence-corrected chi connectivity index (χ1v) is 11.5. The molecule has 0 aliphatic rings. The predicted molar refractivity (Wildman–Crippen MR) is 141 cm³/mol. The summed E-state index contributed by atoms with van der Waals surface area (Å²) in [5.74, 6) is 0.679. The van der Waals surface area contributed by atoms with E-state index in [0.717, 1.165) is 31.3 Å². The Morgan fingerprint density at radius 2 is 1.77 bits per heavy atom. The van der Waals surface area contributed by atoms with E-state index in [1.54, 1.807) is 5.51 Å². The topological polar surface area (TPSA) is 81.7 Å². The van der Waals surface area contributed by atoms with Gasteiger partial charge in [-0.3, -0.25) is 14.7 Å². The first-order chi connectivity index (χ1) is 14.6. The molecule has 172 valence electrons. The van der Waals surface area contributed by atoms with Gasteiger partial charge in [-0.05, 0) is 32.5 Å². The molecule has 1 aromatic carbocycles. The molecule has 0 spiro atoms. The van der Waals surface area contributed by atoms with Crippen LogP contribution in [0.4, 0.5) is 0 Å². The zero-order valence-electron chi connectivity index (χ0n) is 18.9. The van der Waals surface area contributed by atoms with Crippen LogP contribution < -0.4 is 16.0 Å². The Morgan fingerprint density at radius 3 is 2.35 bits per heavy atom. The fraction of sp³-hybridized carbons (Fsp3) is 0.500. The molecule has 2 aromatic rings. The molecule has 1 aromatic heterocycles. The first kappa shape index (κ1) is 27.3. The number of carbonyl (C=O) groups is 1. The molecule has 1 heterocycles. The van der Waals surface area contributed by atoms with E-state index in [2.05, 4.69) is 63.9 Å². The van der Waals surface area contributed by atoms with Crippen molar-refractivity contribution in [3.8, 4) is 0 Å². The number of hydrogen-bond donors (Lipinski definition) is 3. The van der Waals surface area contributed by atoms with Crippen LogP contribution in [0.5, 0.6) is 0 Å². The van der Waals surface area contributed by atoms with Crippen molar-refractivity contribution >= 4 is 47.2 Å². The van der Waals surface area contributed by atoms with Crippen LogP contribution in [0.15, 0.2) is 40.8 Å². The summed E-state index contributed by atoms with van der Waals surface area (Å²) in [4.78, 5) is 24.2. The van der Waals surface area contributed by atoms with Gasteiger partial charge in [0, 0.05) is 19.6 Å². The lowest BCUT2D eigenvalue weighted by molar-refractivity contribution is 0.0957. The van der Waals surface area contributed by atoms with Crippen molar-refractivity contribution in [1.82, 2.24) is 25.8 Å². The van der Waals surface area contributed by atoms with Crippen molar-refractivity contribution in [2.45, 2.75) is 33.7 Å². The standard InChI is InChI=1S/C22H34N6OS.HI/c1-5-23-22(25-14-13-24-21(29)20-17(4)27-16-30-20)26-15-19(28(6-2)7-3)18-11-9-8-10-12-18;/h8-12,16,19H,5-7,13-15H2,1-4H3,(H,24,29)(H2,23,25,26);1H. The number of nitrogens with zero attached hydrogens (tertiary/aromatic N) is 3. The average molecular weight is 559 g/mol. The van der Waals surface area contributed by atoms with Crippen LogP contribution in [0, 0.1) is 6.92 Å². The van der Waals surface area contributed by atoms with Gasteiger partial charge in [0.15, 0.2) is 5.96 Å². The zero-order valence-corrected chi connectivity index (χ0v) is 22.0. The smallest absolute Gasteiger partial charge is 0.263 e. The third-order valence-corrected chi connectivity index (χ3v) is 5.79. The lowest BCUT2D eigenvalue weighted by atomic mass is 10.1. The maximum Gasteiger partial charge on any atom is 0.263 e. The van der Waals surface area contributed by atoms with Crippen LogP contribution in [-0.4, -0.2) is 61.0 Å². The maximum absolute atomic E-state index is 12.2. The SMILES string of the molecule is CCNC(=NCC(c1ccccc1)N(CC)CC)NCCNC(=O)c1scnc1C.I. The van der Waals surface area contributed by atoms with E-state index in [1.807, 2.05) is 19.9 Å². The average Bonchev–Trinajstić information content (AvgIpc) is 3.20. The summed E-state index contributed by atoms with van der Waals surface area (Å²) in [7, 11) is 0. The van der Waals surface area contributed by atoms with Gasteiger partial charge in [0.25, 0.3) is 5.91 Å². The molecule has 9 heteroatoms. The van der Waals surface area contributed by atoms with E-state index < -0.39 is 0 Å². The Hall–Kier alpha value is -1.72. The molecule has 31 heavy (non-hydrogen) atoms. The molecule has 2 rings (SSSR count). The number of amides is 1. The van der Waals surface area contributed by atoms with Gasteiger partial charge in [-0.25, -0.2) is 4.98 Å². The number of thiazole rings is 1. The van der Waals surface area contributed by atoms with Crippen molar-refractivity contribution in [1.29, 1.82) is 0 Å². The van der Waals surface area contributed by atoms with Gasteiger partial charge in [-0.2, -0.15) is 0 Å². The molecule has 3 N–H and O–H groups in total. The summed E-state index contributed by atoms with van der Waals surface area (Å²) < 4.78 is 0. The number of nitrogens with one attached hydrogen (secondary N) is 3. The first-order valence-electron chi connectivity index (χ1n) is 10.6. The summed E-state index contributed by atoms with van der Waals surface area (Å²) in [6, 6.07) is 10.7. The highest BCUT2D eigenvalue weighted by molar-refractivity contribution is 14.0. The van der Waals surface area contributed by atoms with Crippen LogP contribution in [0.25, 0.3) is 0 Å². The molecule has 0 aliphatic carbocycles. The fourth-order valence-electron chi connectivity index (χ4n) is 3.25. The molecule has 0 bridgehead atoms. The summed E-state index contributed by atoms with van der Waals surface area (Å²) >= 11 is 1.36. The van der Waals surface area contributed by atoms with E-state index in [0.29, 0.717) is 24.5 Å². The number of likely N-dealkylation sites (N-methyl/N-ethyl adjacent to an activating group) is 1. The minimum atomic E-state index is -0.0792. The lowest BCUT2D eigenvalue weighted by Crippen LogP contribution is -2.42. The van der Waals surface area contributed by atoms with Gasteiger partial charge in [-0.15, -0.1) is 35.3 Å². The minimum absolute atomic E-state index is 0. The second-order valence-electron chi connectivity index (χ2n) is 6.82. The van der Waals surface area contributed by atoms with Crippen molar-refractivity contribution in [3.05, 3.63) is 52.0 Å². The summed E-state index contributed by atoms with van der Waals surface area (Å²) in [6.45, 7) is 12.7. The van der Waals surface area contributed by atoms with Crippen molar-refractivity contribution in [2.24, 2.45) is 4.99 Å². The summed E-state index contributed by atoms with van der Waals surface area (Å²) in [6.07, 6.45) is 0. The van der Waals surface area contributed by atoms with Crippen molar-refractivity contribution in [2.75, 3.05) is 39.3 Å². The third kappa shape index (κ3) is 8.74. The minimum Gasteiger partial charge on any atom is -0.357 e. The molecule has 0 saturated heterocycles. The Kier molecular flexibility index (Phi) is 13.3. The number of guanidine groups is 1. The normalized spacial score (nSPS) is 12.2. The summed E-state index contributed by atoms with van der Waals surface area (Å²) in [5, 5.41) is 9.53. The maximum atomic E-state index is 12.2. The molecule has 1 amide bonds. The molecular weight excluding hydrogens is 523 g/mol. The summed E-state index contributed by atoms with van der Waals surface area (Å²) in [5.41, 5.74) is 3.73. The van der Waals surface area contributed by atoms with E-state index in [1.165, 1.54) is 16.9 Å². The Balaban J connectivity index is 0.00000480. The lowest BCUT2D eigenvalue weighted by Gasteiger charge is -2.29. The van der Waals surface area contributed by atoms with Gasteiger partial charge in [-0.1, -0.05) is 44.2 Å². The highest BCUT2D eigenvalue weighted by atomic mass is 127. The van der Waals surface area contributed by atoms with Gasteiger partial charge < -0.3 is 16.0 Å². The number of aryl methyl sites for hydroxylation is 1. The van der Waals surface area contributed by atoms with E-state index in [-0.39, 0.29) is 35.9 Å². The second kappa shape index (κ2) is 15.1. The van der Waals surface area contributed by atoms with E-state index >= 15 is 0 Å². The number of halogens is 1. The molecule has 0 aliphatic heterocycles.